The minimum absolute atomic E-state index is 0.0319. The van der Waals surface area contributed by atoms with E-state index >= 15 is 0 Å². The topological polar surface area (TPSA) is 43.8 Å². The Morgan fingerprint density at radius 1 is 1.47 bits per heavy atom. The summed E-state index contributed by atoms with van der Waals surface area (Å²) in [6.07, 6.45) is 6.08. The Morgan fingerprint density at radius 3 is 3.00 bits per heavy atom. The van der Waals surface area contributed by atoms with Crippen LogP contribution in [0.3, 0.4) is 0 Å². The zero-order chi connectivity index (χ0) is 12.3. The minimum atomic E-state index is -0.0319. The van der Waals surface area contributed by atoms with Gasteiger partial charge in [0.1, 0.15) is 0 Å². The monoisotopic (exact) mass is 249 g/mol. The zero-order valence-corrected chi connectivity index (χ0v) is 11.2. The van der Waals surface area contributed by atoms with Crippen LogP contribution in [-0.4, -0.2) is 9.78 Å². The molecule has 2 N–H and O–H groups in total. The first-order chi connectivity index (χ1) is 8.26. The molecule has 2 aromatic rings. The first-order valence-corrected chi connectivity index (χ1v) is 6.98. The molecule has 0 spiro atoms. The van der Waals surface area contributed by atoms with E-state index in [0.29, 0.717) is 0 Å². The average Bonchev–Trinajstić information content (AvgIpc) is 2.96. The van der Waals surface area contributed by atoms with Gasteiger partial charge in [-0.1, -0.05) is 13.8 Å². The number of rotatable bonds is 5. The number of aromatic nitrogens is 2. The molecule has 2 heterocycles. The van der Waals surface area contributed by atoms with Gasteiger partial charge in [-0.15, -0.1) is 11.3 Å². The van der Waals surface area contributed by atoms with Crippen LogP contribution in [0.5, 0.6) is 0 Å². The second-order valence-electron chi connectivity index (χ2n) is 4.18. The van der Waals surface area contributed by atoms with Crippen molar-refractivity contribution in [2.45, 2.75) is 39.3 Å². The Bertz CT molecular complexity index is 472. The molecule has 0 aliphatic carbocycles. The van der Waals surface area contributed by atoms with E-state index in [-0.39, 0.29) is 6.04 Å². The Hall–Kier alpha value is -1.13. The Kier molecular flexibility index (Phi) is 3.97. The highest BCUT2D eigenvalue weighted by atomic mass is 32.1. The van der Waals surface area contributed by atoms with Gasteiger partial charge in [0.15, 0.2) is 0 Å². The zero-order valence-electron chi connectivity index (χ0n) is 10.4. The van der Waals surface area contributed by atoms with Crippen LogP contribution < -0.4 is 5.73 Å². The molecule has 0 aliphatic heterocycles. The Morgan fingerprint density at radius 2 is 2.29 bits per heavy atom. The number of nitrogens with zero attached hydrogens (tertiary/aromatic N) is 2. The number of hydrogen-bond donors (Lipinski definition) is 1. The van der Waals surface area contributed by atoms with E-state index in [4.69, 9.17) is 5.73 Å². The third-order valence-corrected chi connectivity index (χ3v) is 3.95. The van der Waals surface area contributed by atoms with Crippen LogP contribution in [0, 0.1) is 0 Å². The normalized spacial score (nSPS) is 12.9. The lowest BCUT2D eigenvalue weighted by Crippen LogP contribution is -2.11. The number of hydrogen-bond acceptors (Lipinski definition) is 3. The largest absolute Gasteiger partial charge is 0.320 e. The highest BCUT2D eigenvalue weighted by molar-refractivity contribution is 7.10. The molecular weight excluding hydrogens is 230 g/mol. The SMILES string of the molecule is CCCn1cc(C(N)c2sccc2CC)cn1. The van der Waals surface area contributed by atoms with Crippen LogP contribution in [0.15, 0.2) is 23.8 Å². The Balaban J connectivity index is 2.21. The average molecular weight is 249 g/mol. The lowest BCUT2D eigenvalue weighted by atomic mass is 10.1. The van der Waals surface area contributed by atoms with Gasteiger partial charge >= 0.3 is 0 Å². The number of nitrogens with two attached hydrogens (primary N) is 1. The summed E-state index contributed by atoms with van der Waals surface area (Å²) in [6.45, 7) is 5.27. The van der Waals surface area contributed by atoms with Crippen molar-refractivity contribution in [3.8, 4) is 0 Å². The van der Waals surface area contributed by atoms with Gasteiger partial charge in [-0.05, 0) is 29.9 Å². The molecule has 1 unspecified atom stereocenters. The first-order valence-electron chi connectivity index (χ1n) is 6.10. The molecule has 4 heteroatoms. The van der Waals surface area contributed by atoms with E-state index < -0.39 is 0 Å². The van der Waals surface area contributed by atoms with E-state index in [0.717, 1.165) is 24.9 Å². The van der Waals surface area contributed by atoms with Crippen molar-refractivity contribution in [1.82, 2.24) is 9.78 Å². The second kappa shape index (κ2) is 5.47. The van der Waals surface area contributed by atoms with Crippen molar-refractivity contribution in [3.63, 3.8) is 0 Å². The molecule has 0 aromatic carbocycles. The molecule has 2 aromatic heterocycles. The molecule has 17 heavy (non-hydrogen) atoms. The summed E-state index contributed by atoms with van der Waals surface area (Å²) in [5, 5.41) is 6.45. The predicted octanol–water partition coefficient (Wildman–Crippen LogP) is 2.97. The van der Waals surface area contributed by atoms with Gasteiger partial charge in [-0.25, -0.2) is 0 Å². The van der Waals surface area contributed by atoms with Gasteiger partial charge in [-0.3, -0.25) is 4.68 Å². The van der Waals surface area contributed by atoms with Gasteiger partial charge in [0.2, 0.25) is 0 Å². The summed E-state index contributed by atoms with van der Waals surface area (Å²) < 4.78 is 1.97. The van der Waals surface area contributed by atoms with Crippen molar-refractivity contribution in [2.24, 2.45) is 5.73 Å². The van der Waals surface area contributed by atoms with E-state index in [1.807, 2.05) is 10.9 Å². The summed E-state index contributed by atoms with van der Waals surface area (Å²) >= 11 is 1.74. The van der Waals surface area contributed by atoms with Crippen LogP contribution >= 0.6 is 11.3 Å². The van der Waals surface area contributed by atoms with Gasteiger partial charge < -0.3 is 5.73 Å². The molecule has 2 rings (SSSR count). The van der Waals surface area contributed by atoms with Gasteiger partial charge in [0.05, 0.1) is 12.2 Å². The highest BCUT2D eigenvalue weighted by Gasteiger charge is 2.15. The van der Waals surface area contributed by atoms with Crippen molar-refractivity contribution < 1.29 is 0 Å². The number of aryl methyl sites for hydroxylation is 2. The van der Waals surface area contributed by atoms with Crippen molar-refractivity contribution in [3.05, 3.63) is 39.8 Å². The molecular formula is C13H19N3S. The lowest BCUT2D eigenvalue weighted by Gasteiger charge is -2.09. The summed E-state index contributed by atoms with van der Waals surface area (Å²) in [5.74, 6) is 0. The van der Waals surface area contributed by atoms with Gasteiger partial charge in [0, 0.05) is 23.2 Å². The molecule has 0 radical (unpaired) electrons. The fraction of sp³-hybridized carbons (Fsp3) is 0.462. The van der Waals surface area contributed by atoms with Crippen molar-refractivity contribution in [1.29, 1.82) is 0 Å². The third-order valence-electron chi connectivity index (χ3n) is 2.91. The summed E-state index contributed by atoms with van der Waals surface area (Å²) in [5.41, 5.74) is 8.76. The molecule has 0 saturated carbocycles. The van der Waals surface area contributed by atoms with Crippen molar-refractivity contribution in [2.75, 3.05) is 0 Å². The lowest BCUT2D eigenvalue weighted by molar-refractivity contribution is 0.602. The number of thiophene rings is 1. The fourth-order valence-corrected chi connectivity index (χ4v) is 2.98. The maximum absolute atomic E-state index is 6.30. The fourth-order valence-electron chi connectivity index (χ4n) is 1.96. The molecule has 1 atom stereocenters. The summed E-state index contributed by atoms with van der Waals surface area (Å²) in [7, 11) is 0. The maximum Gasteiger partial charge on any atom is 0.0679 e. The molecule has 3 nitrogen and oxygen atoms in total. The second-order valence-corrected chi connectivity index (χ2v) is 5.13. The summed E-state index contributed by atoms with van der Waals surface area (Å²) in [6, 6.07) is 2.13. The van der Waals surface area contributed by atoms with Crippen LogP contribution in [0.1, 0.15) is 42.3 Å². The molecule has 0 bridgehead atoms. The van der Waals surface area contributed by atoms with Gasteiger partial charge in [-0.2, -0.15) is 5.10 Å². The quantitative estimate of drug-likeness (QED) is 0.885. The maximum atomic E-state index is 6.30. The van der Waals surface area contributed by atoms with E-state index in [9.17, 15) is 0 Å². The van der Waals surface area contributed by atoms with Crippen LogP contribution in [0.4, 0.5) is 0 Å². The first kappa shape index (κ1) is 12.3. The molecule has 92 valence electrons. The van der Waals surface area contributed by atoms with Gasteiger partial charge in [0.25, 0.3) is 0 Å². The molecule has 0 aliphatic rings. The minimum Gasteiger partial charge on any atom is -0.320 e. The predicted molar refractivity (Wildman–Crippen MR) is 72.2 cm³/mol. The Labute approximate surface area is 106 Å². The molecule has 0 saturated heterocycles. The van der Waals surface area contributed by atoms with Crippen LogP contribution in [0.25, 0.3) is 0 Å². The molecule has 0 amide bonds. The highest BCUT2D eigenvalue weighted by Crippen LogP contribution is 2.28. The third kappa shape index (κ3) is 2.58. The molecule has 0 fully saturated rings. The summed E-state index contributed by atoms with van der Waals surface area (Å²) in [4.78, 5) is 1.27. The van der Waals surface area contributed by atoms with Crippen LogP contribution in [-0.2, 0) is 13.0 Å². The smallest absolute Gasteiger partial charge is 0.0679 e. The van der Waals surface area contributed by atoms with E-state index in [1.54, 1.807) is 11.3 Å². The standard InChI is InChI=1S/C13H19N3S/c1-3-6-16-9-11(8-15-16)12(14)13-10(4-2)5-7-17-13/h5,7-9,12H,3-4,6,14H2,1-2H3. The van der Waals surface area contributed by atoms with Crippen molar-refractivity contribution >= 4 is 11.3 Å². The van der Waals surface area contributed by atoms with Crippen LogP contribution in [0.2, 0.25) is 0 Å². The van der Waals surface area contributed by atoms with E-state index in [1.165, 1.54) is 10.4 Å². The van der Waals surface area contributed by atoms with E-state index in [2.05, 4.69) is 36.6 Å².